The van der Waals surface area contributed by atoms with Crippen molar-refractivity contribution in [2.24, 2.45) is 29.6 Å². The van der Waals surface area contributed by atoms with E-state index in [1.807, 2.05) is 0 Å². The molecule has 0 bridgehead atoms. The van der Waals surface area contributed by atoms with Gasteiger partial charge in [0.25, 0.3) is 0 Å². The van der Waals surface area contributed by atoms with Crippen molar-refractivity contribution in [1.82, 2.24) is 0 Å². The summed E-state index contributed by atoms with van der Waals surface area (Å²) in [5.74, 6) is 7.04. The standard InChI is InChI=1S/C29H49FO/c1-4-7-8-10-27(6-3)31-29-20-19-26(21-28(29)30)25-17-15-24(16-18-25)23-13-11-22(9-5-2)12-14-23/h3,22-29H,4-5,7-21H2,1-2H3. The van der Waals surface area contributed by atoms with Crippen LogP contribution in [0, 0.1) is 41.9 Å². The molecule has 4 unspecified atom stereocenters. The number of unbranched alkanes of at least 4 members (excludes halogenated alkanes) is 2. The fourth-order valence-electron chi connectivity index (χ4n) is 7.13. The Bertz CT molecular complexity index is 523. The predicted molar refractivity (Wildman–Crippen MR) is 130 cm³/mol. The molecule has 3 saturated carbocycles. The zero-order valence-electron chi connectivity index (χ0n) is 20.5. The minimum absolute atomic E-state index is 0.200. The molecule has 0 amide bonds. The highest BCUT2D eigenvalue weighted by Crippen LogP contribution is 2.46. The van der Waals surface area contributed by atoms with E-state index in [1.165, 1.54) is 77.0 Å². The highest BCUT2D eigenvalue weighted by Gasteiger charge is 2.38. The van der Waals surface area contributed by atoms with E-state index >= 15 is 4.39 Å². The molecule has 31 heavy (non-hydrogen) atoms. The molecule has 4 atom stereocenters. The fraction of sp³-hybridized carbons (Fsp3) is 0.931. The van der Waals surface area contributed by atoms with Crippen molar-refractivity contribution in [3.63, 3.8) is 0 Å². The molecule has 0 N–H and O–H groups in total. The van der Waals surface area contributed by atoms with Gasteiger partial charge in [-0.3, -0.25) is 0 Å². The van der Waals surface area contributed by atoms with Crippen molar-refractivity contribution in [1.29, 1.82) is 0 Å². The molecule has 3 fully saturated rings. The van der Waals surface area contributed by atoms with E-state index in [-0.39, 0.29) is 12.2 Å². The number of hydrogen-bond donors (Lipinski definition) is 0. The lowest BCUT2D eigenvalue weighted by atomic mass is 9.65. The van der Waals surface area contributed by atoms with Crippen molar-refractivity contribution in [2.45, 2.75) is 141 Å². The average Bonchev–Trinajstić information content (AvgIpc) is 2.80. The molecule has 0 aromatic rings. The van der Waals surface area contributed by atoms with Crippen LogP contribution in [0.1, 0.15) is 123 Å². The Morgan fingerprint density at radius 3 is 1.94 bits per heavy atom. The summed E-state index contributed by atoms with van der Waals surface area (Å²) in [6, 6.07) is 0. The molecule has 3 aliphatic rings. The minimum Gasteiger partial charge on any atom is -0.359 e. The molecule has 0 saturated heterocycles. The summed E-state index contributed by atoms with van der Waals surface area (Å²) in [5.41, 5.74) is 0. The van der Waals surface area contributed by atoms with E-state index in [0.29, 0.717) is 12.3 Å². The van der Waals surface area contributed by atoms with Gasteiger partial charge in [-0.05, 0) is 100 Å². The van der Waals surface area contributed by atoms with Crippen molar-refractivity contribution >= 4 is 0 Å². The van der Waals surface area contributed by atoms with Gasteiger partial charge in [0.05, 0.1) is 6.10 Å². The summed E-state index contributed by atoms with van der Waals surface area (Å²) in [7, 11) is 0. The van der Waals surface area contributed by atoms with Gasteiger partial charge in [-0.2, -0.15) is 0 Å². The smallest absolute Gasteiger partial charge is 0.126 e. The lowest BCUT2D eigenvalue weighted by Crippen LogP contribution is -2.38. The molecule has 1 nitrogen and oxygen atoms in total. The van der Waals surface area contributed by atoms with Gasteiger partial charge in [0.2, 0.25) is 0 Å². The molecule has 0 heterocycles. The second-order valence-electron chi connectivity index (χ2n) is 11.2. The molecule has 0 radical (unpaired) electrons. The average molecular weight is 433 g/mol. The molecule has 2 heteroatoms. The second kappa shape index (κ2) is 13.2. The van der Waals surface area contributed by atoms with Gasteiger partial charge in [0.1, 0.15) is 12.3 Å². The van der Waals surface area contributed by atoms with Gasteiger partial charge in [0, 0.05) is 0 Å². The summed E-state index contributed by atoms with van der Waals surface area (Å²) in [5, 5.41) is 0. The van der Waals surface area contributed by atoms with Crippen LogP contribution in [0.3, 0.4) is 0 Å². The number of alkyl halides is 1. The lowest BCUT2D eigenvalue weighted by molar-refractivity contribution is -0.0683. The Balaban J connectivity index is 1.37. The third-order valence-electron chi connectivity index (χ3n) is 9.09. The molecule has 0 aliphatic heterocycles. The van der Waals surface area contributed by atoms with Gasteiger partial charge in [-0.15, -0.1) is 6.42 Å². The highest BCUT2D eigenvalue weighted by atomic mass is 19.1. The first-order valence-corrected chi connectivity index (χ1v) is 13.9. The van der Waals surface area contributed by atoms with Crippen LogP contribution in [-0.4, -0.2) is 18.4 Å². The molecular formula is C29H49FO. The minimum atomic E-state index is -0.827. The van der Waals surface area contributed by atoms with Crippen molar-refractivity contribution in [3.05, 3.63) is 0 Å². The quantitative estimate of drug-likeness (QED) is 0.248. The summed E-state index contributed by atoms with van der Waals surface area (Å²) in [6.07, 6.45) is 25.6. The maximum Gasteiger partial charge on any atom is 0.126 e. The molecule has 3 rings (SSSR count). The van der Waals surface area contributed by atoms with Gasteiger partial charge in [-0.1, -0.05) is 58.3 Å². The van der Waals surface area contributed by atoms with Crippen LogP contribution in [0.4, 0.5) is 4.39 Å². The Kier molecular flexibility index (Phi) is 10.7. The third-order valence-corrected chi connectivity index (χ3v) is 9.09. The van der Waals surface area contributed by atoms with Gasteiger partial charge >= 0.3 is 0 Å². The van der Waals surface area contributed by atoms with Crippen LogP contribution in [0.5, 0.6) is 0 Å². The van der Waals surface area contributed by atoms with Crippen LogP contribution >= 0.6 is 0 Å². The normalized spacial score (nSPS) is 37.8. The van der Waals surface area contributed by atoms with Gasteiger partial charge in [0.15, 0.2) is 0 Å². The molecule has 3 aliphatic carbocycles. The zero-order chi connectivity index (χ0) is 22.1. The van der Waals surface area contributed by atoms with Crippen LogP contribution < -0.4 is 0 Å². The number of hydrogen-bond acceptors (Lipinski definition) is 1. The van der Waals surface area contributed by atoms with Crippen LogP contribution in [-0.2, 0) is 4.74 Å². The van der Waals surface area contributed by atoms with Crippen LogP contribution in [0.25, 0.3) is 0 Å². The van der Waals surface area contributed by atoms with E-state index in [2.05, 4.69) is 19.8 Å². The Hall–Kier alpha value is -0.550. The first kappa shape index (κ1) is 25.1. The summed E-state index contributed by atoms with van der Waals surface area (Å²) < 4.78 is 21.1. The van der Waals surface area contributed by atoms with Gasteiger partial charge < -0.3 is 4.74 Å². The van der Waals surface area contributed by atoms with Crippen LogP contribution in [0.2, 0.25) is 0 Å². The van der Waals surface area contributed by atoms with E-state index in [0.717, 1.165) is 49.4 Å². The summed E-state index contributed by atoms with van der Waals surface area (Å²) in [6.45, 7) is 4.52. The van der Waals surface area contributed by atoms with Crippen molar-refractivity contribution in [3.8, 4) is 12.3 Å². The second-order valence-corrected chi connectivity index (χ2v) is 11.2. The number of rotatable bonds is 10. The molecule has 0 aromatic carbocycles. The summed E-state index contributed by atoms with van der Waals surface area (Å²) >= 11 is 0. The largest absolute Gasteiger partial charge is 0.359 e. The number of halogens is 1. The van der Waals surface area contributed by atoms with E-state index in [1.54, 1.807) is 0 Å². The molecule has 0 spiro atoms. The SMILES string of the molecule is C#CC(CCCCC)OC1CCC(C2CCC(C3CCC(CCC)CC3)CC2)CC1F. The monoisotopic (exact) mass is 432 g/mol. The maximum absolute atomic E-state index is 15.0. The maximum atomic E-state index is 15.0. The van der Waals surface area contributed by atoms with Crippen LogP contribution in [0.15, 0.2) is 0 Å². The molecule has 0 aromatic heterocycles. The summed E-state index contributed by atoms with van der Waals surface area (Å²) in [4.78, 5) is 0. The third kappa shape index (κ3) is 7.48. The Morgan fingerprint density at radius 1 is 0.806 bits per heavy atom. The fourth-order valence-corrected chi connectivity index (χ4v) is 7.13. The van der Waals surface area contributed by atoms with Crippen molar-refractivity contribution < 1.29 is 9.13 Å². The first-order chi connectivity index (χ1) is 15.1. The Labute approximate surface area is 192 Å². The Morgan fingerprint density at radius 2 is 1.39 bits per heavy atom. The van der Waals surface area contributed by atoms with Crippen molar-refractivity contribution in [2.75, 3.05) is 0 Å². The predicted octanol–water partition coefficient (Wildman–Crippen LogP) is 8.50. The first-order valence-electron chi connectivity index (χ1n) is 13.9. The molecular weight excluding hydrogens is 383 g/mol. The number of ether oxygens (including phenoxy) is 1. The topological polar surface area (TPSA) is 9.23 Å². The number of terminal acetylenes is 1. The van der Waals surface area contributed by atoms with E-state index in [4.69, 9.17) is 11.2 Å². The highest BCUT2D eigenvalue weighted by molar-refractivity contribution is 4.96. The lowest BCUT2D eigenvalue weighted by Gasteiger charge is -2.42. The zero-order valence-corrected chi connectivity index (χ0v) is 20.5. The molecule has 178 valence electrons. The van der Waals surface area contributed by atoms with E-state index in [9.17, 15) is 0 Å². The van der Waals surface area contributed by atoms with E-state index < -0.39 is 6.17 Å². The van der Waals surface area contributed by atoms with Gasteiger partial charge in [-0.25, -0.2) is 4.39 Å².